The summed E-state index contributed by atoms with van der Waals surface area (Å²) in [6.07, 6.45) is 0. The van der Waals surface area contributed by atoms with Gasteiger partial charge < -0.3 is 25.7 Å². The number of hydrogen-bond acceptors (Lipinski definition) is 5. The third kappa shape index (κ3) is 4.06. The number of nitrogens with one attached hydrogen (secondary N) is 1. The van der Waals surface area contributed by atoms with Crippen LogP contribution in [0.4, 0.5) is 19.0 Å². The number of carboxylic acids is 2. The SMILES string of the molecule is Nc1[nH]c(=O)c(C(=O)O)c(-c2cccc(COc3ccc(F)c(F)c3F)c2)c1C(=O)O. The molecule has 2 aromatic carbocycles. The zero-order chi connectivity index (χ0) is 22.9. The molecule has 0 aliphatic carbocycles. The van der Waals surface area contributed by atoms with Crippen molar-refractivity contribution in [2.75, 3.05) is 5.73 Å². The lowest BCUT2D eigenvalue weighted by Crippen LogP contribution is -2.24. The van der Waals surface area contributed by atoms with Crippen molar-refractivity contribution >= 4 is 17.8 Å². The van der Waals surface area contributed by atoms with Crippen LogP contribution in [0.5, 0.6) is 5.75 Å². The normalized spacial score (nSPS) is 10.7. The second-order valence-electron chi connectivity index (χ2n) is 6.27. The molecule has 0 unspecified atom stereocenters. The number of nitrogens with two attached hydrogens (primary N) is 1. The highest BCUT2D eigenvalue weighted by Gasteiger charge is 2.26. The largest absolute Gasteiger partial charge is 0.486 e. The maximum atomic E-state index is 13.8. The van der Waals surface area contributed by atoms with Crippen LogP contribution in [0.1, 0.15) is 26.3 Å². The molecule has 3 rings (SSSR count). The highest BCUT2D eigenvalue weighted by atomic mass is 19.2. The number of nitrogen functional groups attached to an aromatic ring is 1. The van der Waals surface area contributed by atoms with Crippen molar-refractivity contribution in [3.63, 3.8) is 0 Å². The molecule has 0 bridgehead atoms. The van der Waals surface area contributed by atoms with Gasteiger partial charge in [-0.2, -0.15) is 4.39 Å². The van der Waals surface area contributed by atoms with Crippen LogP contribution in [-0.2, 0) is 6.61 Å². The minimum absolute atomic E-state index is 0.0134. The van der Waals surface area contributed by atoms with E-state index in [1.807, 2.05) is 4.98 Å². The van der Waals surface area contributed by atoms with Crippen LogP contribution in [0.15, 0.2) is 41.2 Å². The highest BCUT2D eigenvalue weighted by Crippen LogP contribution is 2.30. The Morgan fingerprint density at radius 1 is 1.00 bits per heavy atom. The van der Waals surface area contributed by atoms with Gasteiger partial charge in [0.2, 0.25) is 5.82 Å². The van der Waals surface area contributed by atoms with Crippen molar-refractivity contribution in [3.05, 3.63) is 80.9 Å². The first-order valence-corrected chi connectivity index (χ1v) is 8.49. The summed E-state index contributed by atoms with van der Waals surface area (Å²) in [6.45, 7) is -0.362. The van der Waals surface area contributed by atoms with Crippen molar-refractivity contribution in [1.29, 1.82) is 0 Å². The van der Waals surface area contributed by atoms with Gasteiger partial charge in [-0.3, -0.25) is 4.79 Å². The van der Waals surface area contributed by atoms with Gasteiger partial charge in [-0.1, -0.05) is 18.2 Å². The Morgan fingerprint density at radius 2 is 1.68 bits per heavy atom. The van der Waals surface area contributed by atoms with Crippen molar-refractivity contribution < 1.29 is 37.7 Å². The highest BCUT2D eigenvalue weighted by molar-refractivity contribution is 6.07. The fraction of sp³-hybridized carbons (Fsp3) is 0.0500. The van der Waals surface area contributed by atoms with Crippen LogP contribution in [0.2, 0.25) is 0 Å². The maximum absolute atomic E-state index is 13.8. The molecule has 8 nitrogen and oxygen atoms in total. The van der Waals surface area contributed by atoms with E-state index in [2.05, 4.69) is 0 Å². The van der Waals surface area contributed by atoms with Gasteiger partial charge in [-0.05, 0) is 29.3 Å². The molecule has 0 amide bonds. The quantitative estimate of drug-likeness (QED) is 0.437. The zero-order valence-corrected chi connectivity index (χ0v) is 15.4. The summed E-state index contributed by atoms with van der Waals surface area (Å²) < 4.78 is 45.3. The zero-order valence-electron chi connectivity index (χ0n) is 15.4. The summed E-state index contributed by atoms with van der Waals surface area (Å²) in [5, 5.41) is 18.9. The molecule has 0 aliphatic rings. The van der Waals surface area contributed by atoms with E-state index in [4.69, 9.17) is 10.5 Å². The Kier molecular flexibility index (Phi) is 5.68. The van der Waals surface area contributed by atoms with Crippen molar-refractivity contribution in [2.24, 2.45) is 0 Å². The number of halogens is 3. The number of aromatic amines is 1. The maximum Gasteiger partial charge on any atom is 0.342 e. The molecule has 1 aromatic heterocycles. The average Bonchev–Trinajstić information content (AvgIpc) is 2.70. The lowest BCUT2D eigenvalue weighted by atomic mass is 9.94. The first kappa shape index (κ1) is 21.4. The van der Waals surface area contributed by atoms with Crippen molar-refractivity contribution in [1.82, 2.24) is 4.98 Å². The van der Waals surface area contributed by atoms with Gasteiger partial charge >= 0.3 is 11.9 Å². The number of H-pyrrole nitrogens is 1. The Morgan fingerprint density at radius 3 is 2.32 bits per heavy atom. The number of ether oxygens (including phenoxy) is 1. The van der Waals surface area contributed by atoms with Crippen LogP contribution in [-0.4, -0.2) is 27.1 Å². The molecule has 0 saturated carbocycles. The van der Waals surface area contributed by atoms with E-state index in [0.717, 1.165) is 6.07 Å². The number of carbonyl (C=O) groups is 2. The lowest BCUT2D eigenvalue weighted by Gasteiger charge is -2.13. The second-order valence-corrected chi connectivity index (χ2v) is 6.27. The van der Waals surface area contributed by atoms with E-state index in [1.54, 1.807) is 0 Å². The number of anilines is 1. The number of rotatable bonds is 6. The van der Waals surface area contributed by atoms with Gasteiger partial charge in [-0.25, -0.2) is 18.4 Å². The Labute approximate surface area is 171 Å². The van der Waals surface area contributed by atoms with E-state index in [-0.39, 0.29) is 17.7 Å². The summed E-state index contributed by atoms with van der Waals surface area (Å²) in [5.41, 5.74) is 2.89. The molecule has 0 fully saturated rings. The molecule has 0 atom stereocenters. The molecule has 0 radical (unpaired) electrons. The molecule has 1 heterocycles. The third-order valence-electron chi connectivity index (χ3n) is 4.28. The van der Waals surface area contributed by atoms with E-state index >= 15 is 0 Å². The molecule has 3 aromatic rings. The summed E-state index contributed by atoms with van der Waals surface area (Å²) in [7, 11) is 0. The van der Waals surface area contributed by atoms with Gasteiger partial charge in [0.15, 0.2) is 17.4 Å². The Hall–Kier alpha value is -4.28. The number of carboxylic acid groups (broad SMARTS) is 2. The first-order valence-electron chi connectivity index (χ1n) is 8.49. The van der Waals surface area contributed by atoms with E-state index < -0.39 is 63.2 Å². The lowest BCUT2D eigenvalue weighted by molar-refractivity contribution is 0.0695. The molecule has 0 spiro atoms. The second kappa shape index (κ2) is 8.22. The molecule has 5 N–H and O–H groups in total. The van der Waals surface area contributed by atoms with E-state index in [9.17, 15) is 37.8 Å². The summed E-state index contributed by atoms with van der Waals surface area (Å²) in [5.74, 6) is -8.98. The van der Waals surface area contributed by atoms with E-state index in [0.29, 0.717) is 6.07 Å². The van der Waals surface area contributed by atoms with E-state index in [1.165, 1.54) is 24.3 Å². The number of benzene rings is 2. The molecule has 0 aliphatic heterocycles. The van der Waals surface area contributed by atoms with Gasteiger partial charge in [0.1, 0.15) is 23.6 Å². The number of aromatic nitrogens is 1. The minimum Gasteiger partial charge on any atom is -0.486 e. The predicted molar refractivity (Wildman–Crippen MR) is 101 cm³/mol. The fourth-order valence-electron chi connectivity index (χ4n) is 2.93. The van der Waals surface area contributed by atoms with Crippen LogP contribution < -0.4 is 16.0 Å². The smallest absolute Gasteiger partial charge is 0.342 e. The van der Waals surface area contributed by atoms with Gasteiger partial charge in [0, 0.05) is 5.56 Å². The first-order chi connectivity index (χ1) is 14.6. The predicted octanol–water partition coefficient (Wildman–Crippen LogP) is 3.02. The van der Waals surface area contributed by atoms with Crippen LogP contribution >= 0.6 is 0 Å². The summed E-state index contributed by atoms with van der Waals surface area (Å²) in [4.78, 5) is 37.4. The molecule has 160 valence electrons. The summed E-state index contributed by atoms with van der Waals surface area (Å²) in [6, 6.07) is 7.09. The van der Waals surface area contributed by atoms with Crippen LogP contribution in [0, 0.1) is 17.5 Å². The number of hydrogen-bond donors (Lipinski definition) is 4. The molecule has 11 heteroatoms. The topological polar surface area (TPSA) is 143 Å². The van der Waals surface area contributed by atoms with Crippen LogP contribution in [0.25, 0.3) is 11.1 Å². The van der Waals surface area contributed by atoms with Crippen molar-refractivity contribution in [3.8, 4) is 16.9 Å². The number of aromatic carboxylic acids is 2. The molecular weight excluding hydrogens is 421 g/mol. The number of pyridine rings is 1. The van der Waals surface area contributed by atoms with Gasteiger partial charge in [-0.15, -0.1) is 0 Å². The van der Waals surface area contributed by atoms with Crippen molar-refractivity contribution in [2.45, 2.75) is 6.61 Å². The average molecular weight is 434 g/mol. The summed E-state index contributed by atoms with van der Waals surface area (Å²) >= 11 is 0. The molecular formula is C20H13F3N2O6. The van der Waals surface area contributed by atoms with Crippen LogP contribution in [0.3, 0.4) is 0 Å². The fourth-order valence-corrected chi connectivity index (χ4v) is 2.93. The minimum atomic E-state index is -1.71. The Bertz CT molecular complexity index is 1270. The Balaban J connectivity index is 2.06. The monoisotopic (exact) mass is 434 g/mol. The molecule has 0 saturated heterocycles. The van der Waals surface area contributed by atoms with Gasteiger partial charge in [0.05, 0.1) is 0 Å². The molecule has 31 heavy (non-hydrogen) atoms. The third-order valence-corrected chi connectivity index (χ3v) is 4.28. The standard InChI is InChI=1S/C20H13F3N2O6/c21-10-4-5-11(16(23)15(10)22)31-7-8-2-1-3-9(6-8)12-13(19(27)28)17(24)25-18(26)14(12)20(29)30/h1-6H,7H2,(H,27,28)(H,29,30)(H3,24,25,26). The van der Waals surface area contributed by atoms with Gasteiger partial charge in [0.25, 0.3) is 5.56 Å².